The second-order valence-corrected chi connectivity index (χ2v) is 9.13. The molecule has 0 fully saturated rings. The third-order valence-corrected chi connectivity index (χ3v) is 6.30. The van der Waals surface area contributed by atoms with Crippen molar-refractivity contribution in [3.05, 3.63) is 71.2 Å². The van der Waals surface area contributed by atoms with Crippen LogP contribution in [-0.4, -0.2) is 57.9 Å². The Bertz CT molecular complexity index is 1260. The number of aromatic nitrogens is 3. The van der Waals surface area contributed by atoms with Gasteiger partial charge < -0.3 is 30.5 Å². The van der Waals surface area contributed by atoms with Crippen LogP contribution in [0.3, 0.4) is 0 Å². The minimum Gasteiger partial charge on any atom is -0.480 e. The van der Waals surface area contributed by atoms with Crippen LogP contribution in [0, 0.1) is 0 Å². The van der Waals surface area contributed by atoms with Gasteiger partial charge in [-0.15, -0.1) is 0 Å². The molecule has 11 heteroatoms. The average Bonchev–Trinajstić information content (AvgIpc) is 2.96. The highest BCUT2D eigenvalue weighted by atomic mass is 16.5. The van der Waals surface area contributed by atoms with E-state index in [0.29, 0.717) is 24.7 Å². The maximum Gasteiger partial charge on any atom is 0.408 e. The van der Waals surface area contributed by atoms with Crippen LogP contribution in [0.15, 0.2) is 48.8 Å². The van der Waals surface area contributed by atoms with Gasteiger partial charge in [-0.2, -0.15) is 0 Å². The van der Waals surface area contributed by atoms with Crippen molar-refractivity contribution in [3.63, 3.8) is 0 Å². The summed E-state index contributed by atoms with van der Waals surface area (Å²) in [6.45, 7) is 3.28. The van der Waals surface area contributed by atoms with Crippen LogP contribution in [0.4, 0.5) is 16.4 Å². The van der Waals surface area contributed by atoms with E-state index in [2.05, 4.69) is 38.1 Å². The molecule has 3 heterocycles. The van der Waals surface area contributed by atoms with Gasteiger partial charge in [-0.25, -0.2) is 24.5 Å². The molecule has 4 N–H and O–H groups in total. The van der Waals surface area contributed by atoms with Crippen LogP contribution in [0.25, 0.3) is 0 Å². The first-order chi connectivity index (χ1) is 19.0. The zero-order valence-corrected chi connectivity index (χ0v) is 22.0. The van der Waals surface area contributed by atoms with Gasteiger partial charge in [0.25, 0.3) is 0 Å². The van der Waals surface area contributed by atoms with Crippen molar-refractivity contribution in [2.75, 3.05) is 30.3 Å². The number of aryl methyl sites for hydroxylation is 2. The van der Waals surface area contributed by atoms with Crippen LogP contribution in [0.2, 0.25) is 0 Å². The lowest BCUT2D eigenvalue weighted by Gasteiger charge is -2.18. The molecule has 0 saturated heterocycles. The molecule has 4 rings (SSSR count). The monoisotopic (exact) mass is 534 g/mol. The Morgan fingerprint density at radius 3 is 2.79 bits per heavy atom. The van der Waals surface area contributed by atoms with Gasteiger partial charge in [-0.3, -0.25) is 0 Å². The number of aliphatic carboxylic acids is 1. The van der Waals surface area contributed by atoms with Crippen molar-refractivity contribution >= 4 is 23.7 Å². The summed E-state index contributed by atoms with van der Waals surface area (Å²) in [5.74, 6) is 0.680. The molecule has 1 aliphatic heterocycles. The summed E-state index contributed by atoms with van der Waals surface area (Å²) in [7, 11) is 0. The highest BCUT2D eigenvalue weighted by Gasteiger charge is 2.22. The number of carboxylic acid groups (broad SMARTS) is 1. The molecule has 0 radical (unpaired) electrons. The fourth-order valence-electron chi connectivity index (χ4n) is 4.23. The zero-order valence-electron chi connectivity index (χ0n) is 22.0. The number of anilines is 2. The fourth-order valence-corrected chi connectivity index (χ4v) is 4.23. The Morgan fingerprint density at radius 1 is 1.15 bits per heavy atom. The topological polar surface area (TPSA) is 148 Å². The Labute approximate surface area is 227 Å². The van der Waals surface area contributed by atoms with E-state index in [1.54, 1.807) is 0 Å². The van der Waals surface area contributed by atoms with Crippen LogP contribution in [0.1, 0.15) is 42.1 Å². The molecule has 3 aromatic rings. The van der Waals surface area contributed by atoms with Gasteiger partial charge in [0.05, 0.1) is 12.2 Å². The predicted octanol–water partition coefficient (Wildman–Crippen LogP) is 3.60. The quantitative estimate of drug-likeness (QED) is 0.240. The van der Waals surface area contributed by atoms with Gasteiger partial charge in [0.2, 0.25) is 5.88 Å². The molecule has 39 heavy (non-hydrogen) atoms. The Hall–Kier alpha value is -4.41. The third-order valence-electron chi connectivity index (χ3n) is 6.30. The fraction of sp³-hybridized carbons (Fsp3) is 0.393. The van der Waals surface area contributed by atoms with Gasteiger partial charge in [-0.05, 0) is 49.3 Å². The maximum atomic E-state index is 12.2. The zero-order chi connectivity index (χ0) is 27.5. The number of carbonyl (C=O) groups is 2. The van der Waals surface area contributed by atoms with Crippen LogP contribution in [-0.2, 0) is 35.4 Å². The van der Waals surface area contributed by atoms with Gasteiger partial charge in [0.1, 0.15) is 30.6 Å². The van der Waals surface area contributed by atoms with Crippen molar-refractivity contribution in [2.45, 2.75) is 51.7 Å². The van der Waals surface area contributed by atoms with Crippen LogP contribution < -0.4 is 20.7 Å². The Balaban J connectivity index is 1.27. The van der Waals surface area contributed by atoms with Crippen molar-refractivity contribution in [3.8, 4) is 5.88 Å². The average molecular weight is 535 g/mol. The summed E-state index contributed by atoms with van der Waals surface area (Å²) < 4.78 is 11.1. The number of nitrogens with one attached hydrogen (secondary N) is 3. The van der Waals surface area contributed by atoms with Crippen LogP contribution >= 0.6 is 0 Å². The summed E-state index contributed by atoms with van der Waals surface area (Å²) in [5.41, 5.74) is 3.81. The first-order valence-corrected chi connectivity index (χ1v) is 13.2. The number of nitrogens with zero attached hydrogens (tertiary/aromatic N) is 3. The molecule has 1 aromatic carbocycles. The molecular formula is C28H34N6O5. The number of carbonyl (C=O) groups excluding carboxylic acids is 1. The molecule has 0 saturated carbocycles. The molecule has 0 bridgehead atoms. The van der Waals surface area contributed by atoms with Gasteiger partial charge in [-0.1, -0.05) is 43.3 Å². The van der Waals surface area contributed by atoms with Gasteiger partial charge in [0, 0.05) is 18.8 Å². The Morgan fingerprint density at radius 2 is 2.00 bits per heavy atom. The number of ether oxygens (including phenoxy) is 2. The summed E-state index contributed by atoms with van der Waals surface area (Å²) >= 11 is 0. The molecule has 2 aromatic heterocycles. The summed E-state index contributed by atoms with van der Waals surface area (Å²) in [5, 5.41) is 18.3. The van der Waals surface area contributed by atoms with E-state index in [1.165, 1.54) is 11.9 Å². The second kappa shape index (κ2) is 13.9. The van der Waals surface area contributed by atoms with E-state index < -0.39 is 18.1 Å². The van der Waals surface area contributed by atoms with E-state index in [0.717, 1.165) is 54.9 Å². The third kappa shape index (κ3) is 8.03. The smallest absolute Gasteiger partial charge is 0.408 e. The number of fused-ring (bicyclic) bond motifs is 1. The number of alkyl carbamates (subject to hydrolysis) is 1. The highest BCUT2D eigenvalue weighted by molar-refractivity contribution is 5.80. The number of amides is 1. The van der Waals surface area contributed by atoms with Crippen molar-refractivity contribution in [2.24, 2.45) is 0 Å². The van der Waals surface area contributed by atoms with Crippen molar-refractivity contribution in [1.29, 1.82) is 0 Å². The molecule has 1 atom stereocenters. The lowest BCUT2D eigenvalue weighted by molar-refractivity contribution is -0.139. The summed E-state index contributed by atoms with van der Waals surface area (Å²) in [4.78, 5) is 37.2. The first kappa shape index (κ1) is 27.6. The van der Waals surface area contributed by atoms with E-state index in [-0.39, 0.29) is 13.2 Å². The first-order valence-electron chi connectivity index (χ1n) is 13.2. The van der Waals surface area contributed by atoms with Crippen molar-refractivity contribution < 1.29 is 24.2 Å². The lowest BCUT2D eigenvalue weighted by Crippen LogP contribution is -2.45. The largest absolute Gasteiger partial charge is 0.480 e. The number of hydrogen-bond donors (Lipinski definition) is 4. The molecule has 11 nitrogen and oxygen atoms in total. The molecule has 206 valence electrons. The second-order valence-electron chi connectivity index (χ2n) is 9.13. The number of carboxylic acids is 1. The number of hydrogen-bond acceptors (Lipinski definition) is 9. The maximum absolute atomic E-state index is 12.2. The standard InChI is InChI=1S/C28H34N6O5/c1-2-22-25(30-16-23(27(35)36)34-28(37)39-17-19-8-4-3-5-9-19)31-18-32-26(22)38-15-7-11-21-13-12-20-10-6-14-29-24(20)33-21/h3-5,8-9,12-13,18,23H,2,6-7,10-11,14-17H2,1H3,(H,29,33)(H,34,37)(H,35,36)(H,30,31,32). The van der Waals surface area contributed by atoms with E-state index in [9.17, 15) is 14.7 Å². The minimum atomic E-state index is -1.23. The molecule has 1 amide bonds. The summed E-state index contributed by atoms with van der Waals surface area (Å²) in [6, 6.07) is 12.1. The van der Waals surface area contributed by atoms with Crippen LogP contribution in [0.5, 0.6) is 5.88 Å². The molecule has 0 aliphatic carbocycles. The molecule has 0 spiro atoms. The highest BCUT2D eigenvalue weighted by Crippen LogP contribution is 2.23. The SMILES string of the molecule is CCc1c(NCC(NC(=O)OCc2ccccc2)C(=O)O)ncnc1OCCCc1ccc2c(n1)NCCC2. The number of rotatable bonds is 13. The van der Waals surface area contributed by atoms with Gasteiger partial charge >= 0.3 is 12.1 Å². The summed E-state index contributed by atoms with van der Waals surface area (Å²) in [6.07, 6.45) is 4.85. The van der Waals surface area contributed by atoms with Crippen molar-refractivity contribution in [1.82, 2.24) is 20.3 Å². The number of pyridine rings is 1. The van der Waals surface area contributed by atoms with E-state index in [4.69, 9.17) is 14.5 Å². The van der Waals surface area contributed by atoms with E-state index >= 15 is 0 Å². The number of benzene rings is 1. The normalized spacial score (nSPS) is 12.9. The molecule has 1 unspecified atom stereocenters. The van der Waals surface area contributed by atoms with Gasteiger partial charge in [0.15, 0.2) is 0 Å². The predicted molar refractivity (Wildman–Crippen MR) is 146 cm³/mol. The Kier molecular flexibility index (Phi) is 9.87. The lowest BCUT2D eigenvalue weighted by atomic mass is 10.1. The minimum absolute atomic E-state index is 0.0401. The molecular weight excluding hydrogens is 500 g/mol. The molecule has 1 aliphatic rings. The van der Waals surface area contributed by atoms with E-state index in [1.807, 2.05) is 37.3 Å².